The summed E-state index contributed by atoms with van der Waals surface area (Å²) in [7, 11) is 0. The summed E-state index contributed by atoms with van der Waals surface area (Å²) < 4.78 is 28.3. The first-order valence-corrected chi connectivity index (χ1v) is 4.75. The van der Waals surface area contributed by atoms with Gasteiger partial charge in [0.15, 0.2) is 0 Å². The lowest BCUT2D eigenvalue weighted by molar-refractivity contribution is -0.131. The highest BCUT2D eigenvalue weighted by atomic mass is 19.3. The zero-order chi connectivity index (χ0) is 13.5. The van der Waals surface area contributed by atoms with Gasteiger partial charge in [-0.05, 0) is 12.1 Å². The lowest BCUT2D eigenvalue weighted by atomic mass is 10.3. The molecular formula is C11H9F2NO4. The minimum Gasteiger partial charge on any atom is -0.478 e. The number of benzene rings is 1. The van der Waals surface area contributed by atoms with E-state index in [1.807, 2.05) is 0 Å². The molecule has 1 aromatic carbocycles. The summed E-state index contributed by atoms with van der Waals surface area (Å²) in [6.07, 6.45) is 1.40. The van der Waals surface area contributed by atoms with Crippen LogP contribution in [-0.2, 0) is 9.59 Å². The van der Waals surface area contributed by atoms with E-state index < -0.39 is 18.5 Å². The molecule has 0 atom stereocenters. The summed E-state index contributed by atoms with van der Waals surface area (Å²) in [6, 6.07) is 5.57. The number of halogens is 2. The molecule has 18 heavy (non-hydrogen) atoms. The number of carboxylic acid groups (broad SMARTS) is 1. The van der Waals surface area contributed by atoms with Gasteiger partial charge in [-0.2, -0.15) is 8.78 Å². The molecule has 1 amide bonds. The minimum atomic E-state index is -3.02. The summed E-state index contributed by atoms with van der Waals surface area (Å²) >= 11 is 0. The van der Waals surface area contributed by atoms with E-state index in [0.717, 1.165) is 6.08 Å². The molecule has 0 bridgehead atoms. The van der Waals surface area contributed by atoms with E-state index in [-0.39, 0.29) is 11.4 Å². The third kappa shape index (κ3) is 4.60. The van der Waals surface area contributed by atoms with Gasteiger partial charge in [0, 0.05) is 12.2 Å². The highest BCUT2D eigenvalue weighted by Crippen LogP contribution is 2.25. The van der Waals surface area contributed by atoms with Crippen LogP contribution in [0.1, 0.15) is 0 Å². The van der Waals surface area contributed by atoms with Gasteiger partial charge in [-0.1, -0.05) is 12.1 Å². The molecule has 0 heterocycles. The molecule has 0 aromatic heterocycles. The van der Waals surface area contributed by atoms with Crippen molar-refractivity contribution in [2.45, 2.75) is 6.61 Å². The molecule has 5 nitrogen and oxygen atoms in total. The van der Waals surface area contributed by atoms with Crippen LogP contribution < -0.4 is 10.1 Å². The molecule has 0 aliphatic heterocycles. The van der Waals surface area contributed by atoms with E-state index in [1.165, 1.54) is 24.3 Å². The Morgan fingerprint density at radius 1 is 1.28 bits per heavy atom. The number of carbonyl (C=O) groups excluding carboxylic acids is 1. The Labute approximate surface area is 101 Å². The van der Waals surface area contributed by atoms with Crippen molar-refractivity contribution in [2.24, 2.45) is 0 Å². The van der Waals surface area contributed by atoms with Crippen molar-refractivity contribution < 1.29 is 28.2 Å². The molecule has 0 aliphatic rings. The number of nitrogens with one attached hydrogen (secondary N) is 1. The standard InChI is InChI=1S/C11H9F2NO4/c12-11(13)18-8-4-2-1-3-7(8)14-9(15)5-6-10(16)17/h1-6,11H,(H,14,15)(H,16,17)/b6-5+. The zero-order valence-corrected chi connectivity index (χ0v) is 8.97. The number of hydrogen-bond donors (Lipinski definition) is 2. The molecule has 7 heteroatoms. The van der Waals surface area contributed by atoms with Crippen molar-refractivity contribution in [3.8, 4) is 5.75 Å². The Morgan fingerprint density at radius 2 is 1.94 bits per heavy atom. The summed E-state index contributed by atoms with van der Waals surface area (Å²) in [5.74, 6) is -2.26. The Bertz CT molecular complexity index is 474. The van der Waals surface area contributed by atoms with Gasteiger partial charge in [0.2, 0.25) is 5.91 Å². The zero-order valence-electron chi connectivity index (χ0n) is 8.97. The van der Waals surface area contributed by atoms with Crippen LogP contribution in [0, 0.1) is 0 Å². The van der Waals surface area contributed by atoms with Gasteiger partial charge in [0.1, 0.15) is 5.75 Å². The fraction of sp³-hybridized carbons (Fsp3) is 0.0909. The number of alkyl halides is 2. The maximum Gasteiger partial charge on any atom is 0.387 e. The topological polar surface area (TPSA) is 75.6 Å². The first-order chi connectivity index (χ1) is 8.49. The second kappa shape index (κ2) is 6.33. The van der Waals surface area contributed by atoms with Gasteiger partial charge in [0.25, 0.3) is 0 Å². The highest BCUT2D eigenvalue weighted by molar-refractivity contribution is 6.03. The second-order valence-electron chi connectivity index (χ2n) is 3.04. The SMILES string of the molecule is O=C(O)/C=C/C(=O)Nc1ccccc1OC(F)F. The smallest absolute Gasteiger partial charge is 0.387 e. The van der Waals surface area contributed by atoms with Crippen LogP contribution in [0.25, 0.3) is 0 Å². The fourth-order valence-electron chi connectivity index (χ4n) is 1.09. The van der Waals surface area contributed by atoms with Crippen molar-refractivity contribution in [2.75, 3.05) is 5.32 Å². The van der Waals surface area contributed by atoms with Crippen molar-refractivity contribution in [1.29, 1.82) is 0 Å². The summed E-state index contributed by atoms with van der Waals surface area (Å²) in [6.45, 7) is -3.02. The Balaban J connectivity index is 2.77. The molecule has 0 fully saturated rings. The van der Waals surface area contributed by atoms with Crippen LogP contribution in [0.2, 0.25) is 0 Å². The number of carbonyl (C=O) groups is 2. The number of anilines is 1. The Morgan fingerprint density at radius 3 is 2.56 bits per heavy atom. The van der Waals surface area contributed by atoms with E-state index in [9.17, 15) is 18.4 Å². The quantitative estimate of drug-likeness (QED) is 0.789. The highest BCUT2D eigenvalue weighted by Gasteiger charge is 2.10. The van der Waals surface area contributed by atoms with Gasteiger partial charge in [-0.3, -0.25) is 4.79 Å². The summed E-state index contributed by atoms with van der Waals surface area (Å²) in [5.41, 5.74) is 0.0258. The van der Waals surface area contributed by atoms with E-state index in [4.69, 9.17) is 5.11 Å². The Hall–Kier alpha value is -2.44. The number of rotatable bonds is 5. The molecule has 0 saturated heterocycles. The van der Waals surface area contributed by atoms with Crippen LogP contribution in [0.15, 0.2) is 36.4 Å². The van der Waals surface area contributed by atoms with Crippen LogP contribution in [0.3, 0.4) is 0 Å². The molecule has 1 rings (SSSR count). The van der Waals surface area contributed by atoms with Gasteiger partial charge < -0.3 is 15.2 Å². The van der Waals surface area contributed by atoms with Crippen LogP contribution >= 0.6 is 0 Å². The van der Waals surface area contributed by atoms with Crippen LogP contribution in [-0.4, -0.2) is 23.6 Å². The first-order valence-electron chi connectivity index (χ1n) is 4.75. The van der Waals surface area contributed by atoms with E-state index in [2.05, 4.69) is 10.1 Å². The lowest BCUT2D eigenvalue weighted by Gasteiger charge is -2.10. The number of hydrogen-bond acceptors (Lipinski definition) is 3. The van der Waals surface area contributed by atoms with Crippen molar-refractivity contribution in [3.05, 3.63) is 36.4 Å². The monoisotopic (exact) mass is 257 g/mol. The van der Waals surface area contributed by atoms with Gasteiger partial charge in [0.05, 0.1) is 5.69 Å². The van der Waals surface area contributed by atoms with Gasteiger partial charge >= 0.3 is 12.6 Å². The number of para-hydroxylation sites is 2. The van der Waals surface area contributed by atoms with Gasteiger partial charge in [-0.15, -0.1) is 0 Å². The molecule has 0 spiro atoms. The number of amides is 1. The molecular weight excluding hydrogens is 248 g/mol. The largest absolute Gasteiger partial charge is 0.478 e. The molecule has 1 aromatic rings. The molecule has 0 aliphatic carbocycles. The third-order valence-electron chi connectivity index (χ3n) is 1.74. The molecule has 2 N–H and O–H groups in total. The molecule has 96 valence electrons. The maximum absolute atomic E-state index is 12.1. The lowest BCUT2D eigenvalue weighted by Crippen LogP contribution is -2.11. The van der Waals surface area contributed by atoms with Gasteiger partial charge in [-0.25, -0.2) is 4.79 Å². The van der Waals surface area contributed by atoms with E-state index >= 15 is 0 Å². The predicted octanol–water partition coefficient (Wildman–Crippen LogP) is 1.87. The van der Waals surface area contributed by atoms with Crippen LogP contribution in [0.5, 0.6) is 5.75 Å². The van der Waals surface area contributed by atoms with Crippen molar-refractivity contribution in [3.63, 3.8) is 0 Å². The second-order valence-corrected chi connectivity index (χ2v) is 3.04. The fourth-order valence-corrected chi connectivity index (χ4v) is 1.09. The number of aliphatic carboxylic acids is 1. The molecule has 0 saturated carbocycles. The number of ether oxygens (including phenoxy) is 1. The first kappa shape index (κ1) is 13.6. The normalized spacial score (nSPS) is 10.6. The van der Waals surface area contributed by atoms with Crippen molar-refractivity contribution in [1.82, 2.24) is 0 Å². The average Bonchev–Trinajstić information content (AvgIpc) is 2.28. The van der Waals surface area contributed by atoms with Crippen LogP contribution in [0.4, 0.5) is 14.5 Å². The number of carboxylic acids is 1. The molecule has 0 radical (unpaired) electrons. The minimum absolute atomic E-state index is 0.0258. The van der Waals surface area contributed by atoms with Crippen molar-refractivity contribution >= 4 is 17.6 Å². The summed E-state index contributed by atoms with van der Waals surface area (Å²) in [5, 5.41) is 10.5. The predicted molar refractivity (Wildman–Crippen MR) is 58.5 cm³/mol. The van der Waals surface area contributed by atoms with E-state index in [1.54, 1.807) is 0 Å². The third-order valence-corrected chi connectivity index (χ3v) is 1.74. The average molecular weight is 257 g/mol. The molecule has 0 unspecified atom stereocenters. The van der Waals surface area contributed by atoms with E-state index in [0.29, 0.717) is 6.08 Å². The maximum atomic E-state index is 12.1. The summed E-state index contributed by atoms with van der Waals surface area (Å²) in [4.78, 5) is 21.4. The Kier molecular flexibility index (Phi) is 4.79.